The maximum atomic E-state index is 11.8. The third kappa shape index (κ3) is 3.85. The molecule has 1 fully saturated rings. The Bertz CT molecular complexity index is 641. The first-order valence-corrected chi connectivity index (χ1v) is 9.11. The molecule has 1 N–H and O–H groups in total. The summed E-state index contributed by atoms with van der Waals surface area (Å²) in [5.74, 6) is 0.171. The van der Waals surface area contributed by atoms with Gasteiger partial charge in [-0.05, 0) is 25.5 Å². The Morgan fingerprint density at radius 3 is 2.82 bits per heavy atom. The van der Waals surface area contributed by atoms with Crippen LogP contribution in [0.25, 0.3) is 0 Å². The summed E-state index contributed by atoms with van der Waals surface area (Å²) >= 11 is 0. The molecule has 2 rings (SSSR count). The number of hydrogen-bond acceptors (Lipinski definition) is 5. The molecule has 1 aromatic rings. The third-order valence-electron chi connectivity index (χ3n) is 3.71. The Kier molecular flexibility index (Phi) is 5.18. The van der Waals surface area contributed by atoms with Crippen LogP contribution in [0.5, 0.6) is 0 Å². The van der Waals surface area contributed by atoms with E-state index in [1.807, 2.05) is 17.9 Å². The zero-order chi connectivity index (χ0) is 16.2. The first-order valence-electron chi connectivity index (χ1n) is 7.29. The van der Waals surface area contributed by atoms with Crippen LogP contribution in [0, 0.1) is 0 Å². The normalized spacial score (nSPS) is 19.6. The van der Waals surface area contributed by atoms with Gasteiger partial charge in [-0.3, -0.25) is 4.79 Å². The Balaban J connectivity index is 2.11. The van der Waals surface area contributed by atoms with Gasteiger partial charge in [0, 0.05) is 19.1 Å². The van der Waals surface area contributed by atoms with Crippen LogP contribution in [0.4, 0.5) is 5.69 Å². The smallest absolute Gasteiger partial charge is 0.270 e. The molecule has 120 valence electrons. The van der Waals surface area contributed by atoms with E-state index in [-0.39, 0.29) is 23.5 Å². The molecule has 6 nitrogen and oxygen atoms in total. The van der Waals surface area contributed by atoms with Gasteiger partial charge in [-0.2, -0.15) is 0 Å². The highest BCUT2D eigenvalue weighted by Gasteiger charge is 2.31. The first-order chi connectivity index (χ1) is 10.5. The Hall–Kier alpha value is -1.89. The van der Waals surface area contributed by atoms with Gasteiger partial charge in [-0.25, -0.2) is 13.4 Å². The molecule has 1 aromatic heterocycles. The average Bonchev–Trinajstić information content (AvgIpc) is 2.86. The highest BCUT2D eigenvalue weighted by atomic mass is 32.2. The van der Waals surface area contributed by atoms with Gasteiger partial charge < -0.3 is 10.2 Å². The second-order valence-electron chi connectivity index (χ2n) is 5.24. The van der Waals surface area contributed by atoms with Crippen LogP contribution in [-0.2, 0) is 9.84 Å². The van der Waals surface area contributed by atoms with Gasteiger partial charge in [-0.1, -0.05) is 6.08 Å². The fourth-order valence-electron chi connectivity index (χ4n) is 2.62. The van der Waals surface area contributed by atoms with Gasteiger partial charge in [0.05, 0.1) is 23.4 Å². The topological polar surface area (TPSA) is 79.4 Å². The van der Waals surface area contributed by atoms with Gasteiger partial charge in [0.2, 0.25) is 0 Å². The zero-order valence-corrected chi connectivity index (χ0v) is 13.5. The molecule has 0 spiro atoms. The lowest BCUT2D eigenvalue weighted by Crippen LogP contribution is -2.36. The van der Waals surface area contributed by atoms with Crippen molar-refractivity contribution < 1.29 is 13.2 Å². The summed E-state index contributed by atoms with van der Waals surface area (Å²) in [6, 6.07) is 3.45. The van der Waals surface area contributed by atoms with Crippen LogP contribution in [0.3, 0.4) is 0 Å². The number of sulfone groups is 1. The summed E-state index contributed by atoms with van der Waals surface area (Å²) < 4.78 is 23.3. The molecule has 2 heterocycles. The molecule has 1 unspecified atom stereocenters. The maximum Gasteiger partial charge on any atom is 0.270 e. The van der Waals surface area contributed by atoms with Crippen molar-refractivity contribution in [2.75, 3.05) is 29.5 Å². The zero-order valence-electron chi connectivity index (χ0n) is 12.7. The number of pyridine rings is 1. The van der Waals surface area contributed by atoms with E-state index < -0.39 is 9.84 Å². The first kappa shape index (κ1) is 16.5. The minimum Gasteiger partial charge on any atom is -0.367 e. The highest BCUT2D eigenvalue weighted by Crippen LogP contribution is 2.23. The van der Waals surface area contributed by atoms with E-state index in [9.17, 15) is 13.2 Å². The van der Waals surface area contributed by atoms with Crippen molar-refractivity contribution in [2.45, 2.75) is 19.4 Å². The van der Waals surface area contributed by atoms with Gasteiger partial charge in [0.25, 0.3) is 5.91 Å². The largest absolute Gasteiger partial charge is 0.367 e. The molecule has 1 aliphatic heterocycles. The van der Waals surface area contributed by atoms with E-state index in [1.54, 1.807) is 18.3 Å². The molecule has 1 amide bonds. The standard InChI is InChI=1S/C15H21N3O3S/c1-3-8-16-15(19)14-6-5-12(10-17-14)18(4-2)13-7-9-22(20,21)11-13/h3,5-6,10,13H,1,4,7-9,11H2,2H3,(H,16,19). The summed E-state index contributed by atoms with van der Waals surface area (Å²) in [5.41, 5.74) is 1.17. The Labute approximate surface area is 131 Å². The minimum absolute atomic E-state index is 0.0164. The second kappa shape index (κ2) is 6.91. The molecular formula is C15H21N3O3S. The number of aromatic nitrogens is 1. The van der Waals surface area contributed by atoms with Crippen LogP contribution in [0.2, 0.25) is 0 Å². The van der Waals surface area contributed by atoms with Crippen LogP contribution < -0.4 is 10.2 Å². The van der Waals surface area contributed by atoms with E-state index in [4.69, 9.17) is 0 Å². The summed E-state index contributed by atoms with van der Waals surface area (Å²) in [6.07, 6.45) is 3.86. The van der Waals surface area contributed by atoms with Crippen molar-refractivity contribution in [3.05, 3.63) is 36.7 Å². The molecule has 1 aliphatic rings. The molecule has 0 aliphatic carbocycles. The van der Waals surface area contributed by atoms with Crippen molar-refractivity contribution in [1.29, 1.82) is 0 Å². The number of carbonyl (C=O) groups excluding carboxylic acids is 1. The van der Waals surface area contributed by atoms with Gasteiger partial charge in [0.15, 0.2) is 9.84 Å². The molecule has 1 saturated heterocycles. The number of hydrogen-bond donors (Lipinski definition) is 1. The van der Waals surface area contributed by atoms with Crippen molar-refractivity contribution in [3.8, 4) is 0 Å². The predicted octanol–water partition coefficient (Wildman–Crippen LogP) is 1.01. The van der Waals surface area contributed by atoms with Crippen molar-refractivity contribution in [2.24, 2.45) is 0 Å². The minimum atomic E-state index is -2.93. The van der Waals surface area contributed by atoms with Crippen LogP contribution in [0.1, 0.15) is 23.8 Å². The van der Waals surface area contributed by atoms with Crippen molar-refractivity contribution in [3.63, 3.8) is 0 Å². The van der Waals surface area contributed by atoms with Crippen LogP contribution >= 0.6 is 0 Å². The van der Waals surface area contributed by atoms with E-state index in [2.05, 4.69) is 16.9 Å². The molecular weight excluding hydrogens is 302 g/mol. The lowest BCUT2D eigenvalue weighted by Gasteiger charge is -2.28. The summed E-state index contributed by atoms with van der Waals surface area (Å²) in [7, 11) is -2.93. The molecule has 0 saturated carbocycles. The molecule has 1 atom stereocenters. The SMILES string of the molecule is C=CCNC(=O)c1ccc(N(CC)C2CCS(=O)(=O)C2)cn1. The number of nitrogens with one attached hydrogen (secondary N) is 1. The summed E-state index contributed by atoms with van der Waals surface area (Å²) in [6.45, 7) is 6.61. The molecule has 0 bridgehead atoms. The number of nitrogens with zero attached hydrogens (tertiary/aromatic N) is 2. The van der Waals surface area contributed by atoms with Crippen LogP contribution in [0.15, 0.2) is 31.0 Å². The third-order valence-corrected chi connectivity index (χ3v) is 5.46. The second-order valence-corrected chi connectivity index (χ2v) is 7.47. The van der Waals surface area contributed by atoms with Crippen molar-refractivity contribution >= 4 is 21.4 Å². The monoisotopic (exact) mass is 323 g/mol. The molecule has 7 heteroatoms. The van der Waals surface area contributed by atoms with E-state index in [0.717, 1.165) is 5.69 Å². The number of anilines is 1. The van der Waals surface area contributed by atoms with Gasteiger partial charge >= 0.3 is 0 Å². The van der Waals surface area contributed by atoms with E-state index >= 15 is 0 Å². The quantitative estimate of drug-likeness (QED) is 0.791. The maximum absolute atomic E-state index is 11.8. The Morgan fingerprint density at radius 2 is 2.32 bits per heavy atom. The molecule has 0 aromatic carbocycles. The molecule has 0 radical (unpaired) electrons. The van der Waals surface area contributed by atoms with Crippen molar-refractivity contribution in [1.82, 2.24) is 10.3 Å². The number of amides is 1. The number of rotatable bonds is 6. The fourth-order valence-corrected chi connectivity index (χ4v) is 4.35. The summed E-state index contributed by atoms with van der Waals surface area (Å²) in [5, 5.41) is 2.66. The number of carbonyl (C=O) groups is 1. The van der Waals surface area contributed by atoms with Gasteiger partial charge in [-0.15, -0.1) is 6.58 Å². The van der Waals surface area contributed by atoms with E-state index in [1.165, 1.54) is 0 Å². The average molecular weight is 323 g/mol. The van der Waals surface area contributed by atoms with E-state index in [0.29, 0.717) is 25.2 Å². The van der Waals surface area contributed by atoms with Gasteiger partial charge in [0.1, 0.15) is 5.69 Å². The predicted molar refractivity (Wildman–Crippen MR) is 86.8 cm³/mol. The van der Waals surface area contributed by atoms with Crippen LogP contribution in [-0.4, -0.2) is 49.9 Å². The Morgan fingerprint density at radius 1 is 1.55 bits per heavy atom. The molecule has 22 heavy (non-hydrogen) atoms. The highest BCUT2D eigenvalue weighted by molar-refractivity contribution is 7.91. The summed E-state index contributed by atoms with van der Waals surface area (Å²) in [4.78, 5) is 18.0. The lowest BCUT2D eigenvalue weighted by molar-refractivity contribution is 0.0953. The fraction of sp³-hybridized carbons (Fsp3) is 0.467. The lowest BCUT2D eigenvalue weighted by atomic mass is 10.2.